The number of rotatable bonds is 4. The molecule has 5 heteroatoms. The summed E-state index contributed by atoms with van der Waals surface area (Å²) in [4.78, 5) is 0.851. The second-order valence-electron chi connectivity index (χ2n) is 3.82. The Morgan fingerprint density at radius 3 is 2.53 bits per heavy atom. The van der Waals surface area contributed by atoms with Gasteiger partial charge in [0, 0.05) is 21.5 Å². The smallest absolute Gasteiger partial charge is 0.158 e. The number of hydrogen-bond donors (Lipinski definition) is 0. The summed E-state index contributed by atoms with van der Waals surface area (Å²) < 4.78 is 23.8. The summed E-state index contributed by atoms with van der Waals surface area (Å²) in [6.45, 7) is 1.49. The molecule has 0 amide bonds. The molecule has 0 saturated carbocycles. The van der Waals surface area contributed by atoms with Crippen LogP contribution in [0.4, 0.5) is 0 Å². The second kappa shape index (κ2) is 6.64. The Balaban J connectivity index is 1.82. The van der Waals surface area contributed by atoms with E-state index in [1.165, 1.54) is 0 Å². The molecule has 1 aliphatic rings. The van der Waals surface area contributed by atoms with Crippen LogP contribution in [0.2, 0.25) is 0 Å². The standard InChI is InChI=1S/C12H15BrO3S/c13-10-2-4-11(5-3-10)17(14)9-6-12-15-7-1-8-16-12/h2-5,12H,1,6-9H2. The van der Waals surface area contributed by atoms with Crippen molar-refractivity contribution in [2.45, 2.75) is 24.0 Å². The van der Waals surface area contributed by atoms with Crippen molar-refractivity contribution in [1.82, 2.24) is 0 Å². The lowest BCUT2D eigenvalue weighted by molar-refractivity contribution is -0.178. The van der Waals surface area contributed by atoms with E-state index in [2.05, 4.69) is 15.9 Å². The van der Waals surface area contributed by atoms with Crippen molar-refractivity contribution in [3.05, 3.63) is 28.7 Å². The van der Waals surface area contributed by atoms with E-state index in [0.717, 1.165) is 29.0 Å². The van der Waals surface area contributed by atoms with Crippen molar-refractivity contribution in [1.29, 1.82) is 0 Å². The third-order valence-electron chi connectivity index (χ3n) is 2.51. The average Bonchev–Trinajstić information content (AvgIpc) is 2.38. The van der Waals surface area contributed by atoms with Crippen LogP contribution in [0.25, 0.3) is 0 Å². The van der Waals surface area contributed by atoms with E-state index >= 15 is 0 Å². The van der Waals surface area contributed by atoms with Crippen molar-refractivity contribution in [2.24, 2.45) is 0 Å². The highest BCUT2D eigenvalue weighted by atomic mass is 79.9. The SMILES string of the molecule is O=S(CCC1OCCCO1)c1ccc(Br)cc1. The minimum absolute atomic E-state index is 0.178. The third-order valence-corrected chi connectivity index (χ3v) is 4.44. The van der Waals surface area contributed by atoms with Crippen molar-refractivity contribution in [2.75, 3.05) is 19.0 Å². The number of hydrogen-bond acceptors (Lipinski definition) is 3. The van der Waals surface area contributed by atoms with Crippen LogP contribution in [0.15, 0.2) is 33.6 Å². The molecule has 1 heterocycles. The average molecular weight is 319 g/mol. The van der Waals surface area contributed by atoms with E-state index in [9.17, 15) is 4.21 Å². The van der Waals surface area contributed by atoms with E-state index in [0.29, 0.717) is 12.2 Å². The van der Waals surface area contributed by atoms with E-state index in [1.807, 2.05) is 24.3 Å². The summed E-state index contributed by atoms with van der Waals surface area (Å²) in [6.07, 6.45) is 1.46. The highest BCUT2D eigenvalue weighted by Gasteiger charge is 2.15. The molecule has 1 fully saturated rings. The molecule has 1 unspecified atom stereocenters. The van der Waals surface area contributed by atoms with Gasteiger partial charge in [0.25, 0.3) is 0 Å². The molecule has 0 bridgehead atoms. The van der Waals surface area contributed by atoms with Crippen LogP contribution in [-0.2, 0) is 20.3 Å². The van der Waals surface area contributed by atoms with E-state index in [1.54, 1.807) is 0 Å². The molecular weight excluding hydrogens is 304 g/mol. The van der Waals surface area contributed by atoms with E-state index in [4.69, 9.17) is 9.47 Å². The summed E-state index contributed by atoms with van der Waals surface area (Å²) in [7, 11) is -0.974. The number of halogens is 1. The summed E-state index contributed by atoms with van der Waals surface area (Å²) in [5.74, 6) is 0.576. The van der Waals surface area contributed by atoms with Crippen LogP contribution in [0.1, 0.15) is 12.8 Å². The molecular formula is C12H15BrO3S. The molecule has 17 heavy (non-hydrogen) atoms. The van der Waals surface area contributed by atoms with Crippen LogP contribution in [0.3, 0.4) is 0 Å². The monoisotopic (exact) mass is 318 g/mol. The van der Waals surface area contributed by atoms with Gasteiger partial charge in [-0.1, -0.05) is 15.9 Å². The molecule has 0 radical (unpaired) electrons. The number of ether oxygens (including phenoxy) is 2. The molecule has 1 saturated heterocycles. The fourth-order valence-corrected chi connectivity index (χ4v) is 2.96. The van der Waals surface area contributed by atoms with Crippen LogP contribution in [0, 0.1) is 0 Å². The Morgan fingerprint density at radius 1 is 1.24 bits per heavy atom. The predicted octanol–water partition coefficient (Wildman–Crippen LogP) is 2.71. The van der Waals surface area contributed by atoms with Gasteiger partial charge >= 0.3 is 0 Å². The van der Waals surface area contributed by atoms with E-state index < -0.39 is 10.8 Å². The highest BCUT2D eigenvalue weighted by molar-refractivity contribution is 9.10. The molecule has 1 aliphatic heterocycles. The molecule has 1 aromatic rings. The molecule has 0 N–H and O–H groups in total. The quantitative estimate of drug-likeness (QED) is 0.856. The summed E-state index contributed by atoms with van der Waals surface area (Å²) in [5.41, 5.74) is 0. The maximum atomic E-state index is 12.0. The van der Waals surface area contributed by atoms with Gasteiger partial charge in [0.05, 0.1) is 24.0 Å². The topological polar surface area (TPSA) is 35.5 Å². The minimum Gasteiger partial charge on any atom is -0.353 e. The van der Waals surface area contributed by atoms with Gasteiger partial charge in [0.2, 0.25) is 0 Å². The Bertz CT molecular complexity index is 374. The first-order valence-corrected chi connectivity index (χ1v) is 7.74. The van der Waals surface area contributed by atoms with Crippen molar-refractivity contribution in [3.8, 4) is 0 Å². The first-order chi connectivity index (χ1) is 8.25. The molecule has 2 rings (SSSR count). The fraction of sp³-hybridized carbons (Fsp3) is 0.500. The van der Waals surface area contributed by atoms with Crippen LogP contribution in [-0.4, -0.2) is 29.5 Å². The van der Waals surface area contributed by atoms with Gasteiger partial charge in [-0.3, -0.25) is 4.21 Å². The Hall–Kier alpha value is -0.230. The van der Waals surface area contributed by atoms with Gasteiger partial charge in [-0.05, 0) is 30.7 Å². The minimum atomic E-state index is -0.974. The Morgan fingerprint density at radius 2 is 1.88 bits per heavy atom. The Kier molecular flexibility index (Phi) is 5.16. The van der Waals surface area contributed by atoms with Gasteiger partial charge in [-0.15, -0.1) is 0 Å². The first-order valence-electron chi connectivity index (χ1n) is 5.63. The van der Waals surface area contributed by atoms with Crippen molar-refractivity contribution in [3.63, 3.8) is 0 Å². The summed E-state index contributed by atoms with van der Waals surface area (Å²) >= 11 is 3.36. The first kappa shape index (κ1) is 13.2. The lowest BCUT2D eigenvalue weighted by atomic mass is 10.4. The predicted molar refractivity (Wildman–Crippen MR) is 70.3 cm³/mol. The lowest BCUT2D eigenvalue weighted by Gasteiger charge is -2.22. The van der Waals surface area contributed by atoms with Gasteiger partial charge < -0.3 is 9.47 Å². The largest absolute Gasteiger partial charge is 0.353 e. The fourth-order valence-electron chi connectivity index (χ4n) is 1.61. The summed E-state index contributed by atoms with van der Waals surface area (Å²) in [6, 6.07) is 7.56. The molecule has 1 aromatic carbocycles. The second-order valence-corrected chi connectivity index (χ2v) is 6.30. The maximum absolute atomic E-state index is 12.0. The normalized spacial score (nSPS) is 19.1. The van der Waals surface area contributed by atoms with Gasteiger partial charge in [0.1, 0.15) is 0 Å². The summed E-state index contributed by atoms with van der Waals surface area (Å²) in [5, 5.41) is 0. The molecule has 0 spiro atoms. The van der Waals surface area contributed by atoms with Crippen LogP contribution >= 0.6 is 15.9 Å². The van der Waals surface area contributed by atoms with Gasteiger partial charge in [-0.25, -0.2) is 0 Å². The maximum Gasteiger partial charge on any atom is 0.158 e. The van der Waals surface area contributed by atoms with Crippen LogP contribution in [0.5, 0.6) is 0 Å². The van der Waals surface area contributed by atoms with Crippen LogP contribution < -0.4 is 0 Å². The van der Waals surface area contributed by atoms with Gasteiger partial charge in [-0.2, -0.15) is 0 Å². The molecule has 1 atom stereocenters. The van der Waals surface area contributed by atoms with Crippen molar-refractivity contribution >= 4 is 26.7 Å². The Labute approximate surface area is 112 Å². The number of benzene rings is 1. The zero-order valence-electron chi connectivity index (χ0n) is 9.43. The molecule has 3 nitrogen and oxygen atoms in total. The van der Waals surface area contributed by atoms with E-state index in [-0.39, 0.29) is 6.29 Å². The molecule has 94 valence electrons. The lowest BCUT2D eigenvalue weighted by Crippen LogP contribution is -2.26. The third kappa shape index (κ3) is 4.17. The van der Waals surface area contributed by atoms with Gasteiger partial charge in [0.15, 0.2) is 6.29 Å². The zero-order chi connectivity index (χ0) is 12.1. The zero-order valence-corrected chi connectivity index (χ0v) is 11.8. The molecule has 0 aliphatic carbocycles. The molecule has 0 aromatic heterocycles. The highest BCUT2D eigenvalue weighted by Crippen LogP contribution is 2.15. The van der Waals surface area contributed by atoms with Crippen molar-refractivity contribution < 1.29 is 13.7 Å².